The molecule has 0 atom stereocenters. The topological polar surface area (TPSA) is 26.0 Å². The standard InChI is InChI=1S/C21H15Br2ClN2/c22-16-3-9-19(10-4-16)25-14-13-21(15-1-7-18(24)8-2-15)26-20-11-5-17(23)6-12-20/h1-14,26H/p+1. The zero-order valence-electron chi connectivity index (χ0n) is 13.7. The Morgan fingerprint density at radius 1 is 0.808 bits per heavy atom. The molecule has 0 unspecified atom stereocenters. The third-order valence-electron chi connectivity index (χ3n) is 3.62. The van der Waals surface area contributed by atoms with Gasteiger partial charge in [-0.25, -0.2) is 4.99 Å². The molecule has 3 rings (SSSR count). The summed E-state index contributed by atoms with van der Waals surface area (Å²) in [5, 5.41) is 4.17. The Hall–Kier alpha value is -1.88. The molecule has 2 nitrogen and oxygen atoms in total. The van der Waals surface area contributed by atoms with Crippen LogP contribution in [-0.4, -0.2) is 6.21 Å². The minimum Gasteiger partial charge on any atom is -0.355 e. The van der Waals surface area contributed by atoms with Gasteiger partial charge in [0.25, 0.3) is 0 Å². The quantitative estimate of drug-likeness (QED) is 0.434. The van der Waals surface area contributed by atoms with Crippen molar-refractivity contribution in [3.63, 3.8) is 0 Å². The van der Waals surface area contributed by atoms with E-state index in [1.165, 1.54) is 0 Å². The highest BCUT2D eigenvalue weighted by Crippen LogP contribution is 2.21. The zero-order chi connectivity index (χ0) is 18.4. The van der Waals surface area contributed by atoms with Crippen LogP contribution in [0.5, 0.6) is 0 Å². The lowest BCUT2D eigenvalue weighted by Gasteiger charge is -2.11. The number of anilines is 1. The number of benzene rings is 3. The van der Waals surface area contributed by atoms with E-state index in [4.69, 9.17) is 11.6 Å². The van der Waals surface area contributed by atoms with E-state index in [9.17, 15) is 0 Å². The van der Waals surface area contributed by atoms with E-state index in [0.717, 1.165) is 31.6 Å². The normalized spacial score (nSPS) is 11.7. The van der Waals surface area contributed by atoms with Crippen LogP contribution in [0, 0.1) is 0 Å². The summed E-state index contributed by atoms with van der Waals surface area (Å²) in [6, 6.07) is 23.8. The first kappa shape index (κ1) is 18.9. The fourth-order valence-electron chi connectivity index (χ4n) is 2.30. The van der Waals surface area contributed by atoms with Gasteiger partial charge < -0.3 is 5.32 Å². The molecule has 0 aliphatic rings. The summed E-state index contributed by atoms with van der Waals surface area (Å²) >= 11 is 12.9. The lowest BCUT2D eigenvalue weighted by atomic mass is 10.1. The summed E-state index contributed by atoms with van der Waals surface area (Å²) in [6.07, 6.45) is 3.92. The lowest BCUT2D eigenvalue weighted by molar-refractivity contribution is -0.346. The molecule has 2 N–H and O–H groups in total. The van der Waals surface area contributed by atoms with Gasteiger partial charge in [-0.3, -0.25) is 0 Å². The second-order valence-electron chi connectivity index (χ2n) is 5.54. The summed E-state index contributed by atoms with van der Waals surface area (Å²) in [5.41, 5.74) is 4.04. The average molecular weight is 492 g/mol. The third-order valence-corrected chi connectivity index (χ3v) is 4.93. The van der Waals surface area contributed by atoms with Crippen molar-refractivity contribution in [3.05, 3.63) is 98.4 Å². The van der Waals surface area contributed by atoms with Crippen molar-refractivity contribution in [2.45, 2.75) is 0 Å². The van der Waals surface area contributed by atoms with Crippen LogP contribution in [-0.2, 0) is 0 Å². The maximum absolute atomic E-state index is 6.02. The third kappa shape index (κ3) is 5.56. The Morgan fingerprint density at radius 2 is 1.38 bits per heavy atom. The molecule has 0 saturated heterocycles. The van der Waals surface area contributed by atoms with Crippen molar-refractivity contribution in [1.29, 1.82) is 0 Å². The fraction of sp³-hybridized carbons (Fsp3) is 0. The van der Waals surface area contributed by atoms with Gasteiger partial charge >= 0.3 is 0 Å². The average Bonchev–Trinajstić information content (AvgIpc) is 2.65. The molecular weight excluding hydrogens is 476 g/mol. The highest BCUT2D eigenvalue weighted by Gasteiger charge is 2.03. The molecule has 0 spiro atoms. The Morgan fingerprint density at radius 3 is 2.00 bits per heavy atom. The number of hydrogen-bond donors (Lipinski definition) is 2. The SMILES string of the molecule is Clc1ccc(C(=CC=[NH+]c2ccc(Br)cc2)Nc2ccc(Br)cc2)cc1. The van der Waals surface area contributed by atoms with E-state index in [1.54, 1.807) is 0 Å². The van der Waals surface area contributed by atoms with E-state index >= 15 is 0 Å². The molecule has 0 aromatic heterocycles. The summed E-state index contributed by atoms with van der Waals surface area (Å²) in [6.45, 7) is 0. The van der Waals surface area contributed by atoms with Gasteiger partial charge in [0.2, 0.25) is 5.69 Å². The fourth-order valence-corrected chi connectivity index (χ4v) is 2.95. The van der Waals surface area contributed by atoms with E-state index in [2.05, 4.69) is 42.2 Å². The predicted molar refractivity (Wildman–Crippen MR) is 118 cm³/mol. The van der Waals surface area contributed by atoms with E-state index in [-0.39, 0.29) is 0 Å². The Kier molecular flexibility index (Phi) is 6.67. The molecule has 0 aliphatic carbocycles. The highest BCUT2D eigenvalue weighted by molar-refractivity contribution is 9.10. The number of allylic oxidation sites excluding steroid dienone is 1. The number of halogens is 3. The maximum atomic E-state index is 6.02. The van der Waals surface area contributed by atoms with Gasteiger partial charge in [-0.1, -0.05) is 55.6 Å². The minimum absolute atomic E-state index is 0.716. The van der Waals surface area contributed by atoms with Crippen LogP contribution < -0.4 is 10.3 Å². The highest BCUT2D eigenvalue weighted by atomic mass is 79.9. The van der Waals surface area contributed by atoms with Crippen LogP contribution in [0.1, 0.15) is 5.56 Å². The Labute approximate surface area is 174 Å². The zero-order valence-corrected chi connectivity index (χ0v) is 17.6. The number of hydrogen-bond acceptors (Lipinski definition) is 1. The molecule has 0 saturated carbocycles. The second kappa shape index (κ2) is 9.17. The Bertz CT molecular complexity index is 916. The van der Waals surface area contributed by atoms with Crippen LogP contribution in [0.3, 0.4) is 0 Å². The van der Waals surface area contributed by atoms with Crippen molar-refractivity contribution in [1.82, 2.24) is 0 Å². The molecule has 0 radical (unpaired) electrons. The molecular formula is C21H16Br2ClN2+. The smallest absolute Gasteiger partial charge is 0.203 e. The van der Waals surface area contributed by atoms with Crippen molar-refractivity contribution in [2.75, 3.05) is 5.32 Å². The molecule has 5 heteroatoms. The van der Waals surface area contributed by atoms with Gasteiger partial charge in [-0.2, -0.15) is 0 Å². The van der Waals surface area contributed by atoms with Crippen LogP contribution >= 0.6 is 43.5 Å². The van der Waals surface area contributed by atoms with Crippen molar-refractivity contribution in [2.24, 2.45) is 0 Å². The number of rotatable bonds is 5. The van der Waals surface area contributed by atoms with Crippen LogP contribution in [0.4, 0.5) is 11.4 Å². The van der Waals surface area contributed by atoms with Crippen LogP contribution in [0.2, 0.25) is 5.02 Å². The number of nitrogens with one attached hydrogen (secondary N) is 2. The molecule has 0 heterocycles. The minimum atomic E-state index is 0.716. The summed E-state index contributed by atoms with van der Waals surface area (Å²) in [4.78, 5) is 3.28. The summed E-state index contributed by atoms with van der Waals surface area (Å²) < 4.78 is 2.10. The molecule has 0 fully saturated rings. The van der Waals surface area contributed by atoms with Gasteiger partial charge in [-0.15, -0.1) is 0 Å². The van der Waals surface area contributed by atoms with Gasteiger partial charge in [0.15, 0.2) is 6.21 Å². The predicted octanol–water partition coefficient (Wildman–Crippen LogP) is 5.80. The van der Waals surface area contributed by atoms with Crippen LogP contribution in [0.15, 0.2) is 87.8 Å². The summed E-state index contributed by atoms with van der Waals surface area (Å²) in [7, 11) is 0. The van der Waals surface area contributed by atoms with E-state index in [1.807, 2.05) is 85.1 Å². The van der Waals surface area contributed by atoms with Crippen molar-refractivity contribution in [3.8, 4) is 0 Å². The second-order valence-corrected chi connectivity index (χ2v) is 7.80. The Balaban J connectivity index is 1.87. The van der Waals surface area contributed by atoms with E-state index < -0.39 is 0 Å². The molecule has 3 aromatic rings. The first-order valence-corrected chi connectivity index (χ1v) is 9.91. The molecule has 0 aliphatic heterocycles. The van der Waals surface area contributed by atoms with Gasteiger partial charge in [0, 0.05) is 37.9 Å². The summed E-state index contributed by atoms with van der Waals surface area (Å²) in [5.74, 6) is 0. The molecule has 0 bridgehead atoms. The first-order valence-electron chi connectivity index (χ1n) is 7.94. The monoisotopic (exact) mass is 489 g/mol. The van der Waals surface area contributed by atoms with Gasteiger partial charge in [0.05, 0.1) is 5.70 Å². The van der Waals surface area contributed by atoms with Gasteiger partial charge in [-0.05, 0) is 54.1 Å². The van der Waals surface area contributed by atoms with E-state index in [0.29, 0.717) is 5.02 Å². The van der Waals surface area contributed by atoms with Crippen molar-refractivity contribution >= 4 is 66.7 Å². The molecule has 26 heavy (non-hydrogen) atoms. The van der Waals surface area contributed by atoms with Gasteiger partial charge in [0.1, 0.15) is 0 Å². The maximum Gasteiger partial charge on any atom is 0.203 e. The molecule has 130 valence electrons. The molecule has 3 aromatic carbocycles. The lowest BCUT2D eigenvalue weighted by Crippen LogP contribution is -2.60. The molecule has 0 amide bonds. The largest absolute Gasteiger partial charge is 0.355 e. The first-order chi connectivity index (χ1) is 12.6. The van der Waals surface area contributed by atoms with Crippen LogP contribution in [0.25, 0.3) is 5.70 Å². The van der Waals surface area contributed by atoms with Crippen molar-refractivity contribution < 1.29 is 4.99 Å².